The van der Waals surface area contributed by atoms with Gasteiger partial charge in [-0.05, 0) is 59.7 Å². The number of hydrogen-bond donors (Lipinski definition) is 0. The summed E-state index contributed by atoms with van der Waals surface area (Å²) in [6, 6.07) is 25.5. The molecule has 0 saturated heterocycles. The van der Waals surface area contributed by atoms with Crippen molar-refractivity contribution in [1.29, 1.82) is 0 Å². The van der Waals surface area contributed by atoms with E-state index < -0.39 is 0 Å². The number of esters is 1. The summed E-state index contributed by atoms with van der Waals surface area (Å²) in [7, 11) is 0. The van der Waals surface area contributed by atoms with Gasteiger partial charge in [0.05, 0.1) is 6.61 Å². The molecule has 0 N–H and O–H groups in total. The van der Waals surface area contributed by atoms with Gasteiger partial charge in [0, 0.05) is 6.42 Å². The van der Waals surface area contributed by atoms with Gasteiger partial charge in [-0.15, -0.1) is 0 Å². The highest BCUT2D eigenvalue weighted by atomic mass is 16.5. The fraction of sp³-hybridized carbons (Fsp3) is 0.568. The molecular formula is C44H64O3. The first-order chi connectivity index (χ1) is 23.1. The quantitative estimate of drug-likeness (QED) is 0.0647. The summed E-state index contributed by atoms with van der Waals surface area (Å²) in [5.41, 5.74) is 5.73. The van der Waals surface area contributed by atoms with Crippen molar-refractivity contribution >= 4 is 5.97 Å². The van der Waals surface area contributed by atoms with E-state index in [1.807, 2.05) is 6.92 Å². The highest BCUT2D eigenvalue weighted by molar-refractivity contribution is 5.83. The zero-order chi connectivity index (χ0) is 33.4. The lowest BCUT2D eigenvalue weighted by molar-refractivity contribution is -0.148. The Labute approximate surface area is 287 Å². The van der Waals surface area contributed by atoms with Crippen molar-refractivity contribution in [3.8, 4) is 28.0 Å². The van der Waals surface area contributed by atoms with Gasteiger partial charge >= 0.3 is 5.97 Å². The number of hydrogen-bond acceptors (Lipinski definition) is 3. The highest BCUT2D eigenvalue weighted by Crippen LogP contribution is 2.34. The Morgan fingerprint density at radius 2 is 0.957 bits per heavy atom. The Morgan fingerprint density at radius 1 is 0.532 bits per heavy atom. The molecule has 1 unspecified atom stereocenters. The minimum absolute atomic E-state index is 0.0954. The van der Waals surface area contributed by atoms with Crippen molar-refractivity contribution in [2.75, 3.05) is 6.61 Å². The molecule has 258 valence electrons. The van der Waals surface area contributed by atoms with Crippen molar-refractivity contribution in [2.45, 2.75) is 155 Å². The zero-order valence-corrected chi connectivity index (χ0v) is 30.1. The van der Waals surface area contributed by atoms with Gasteiger partial charge < -0.3 is 9.47 Å². The van der Waals surface area contributed by atoms with E-state index in [4.69, 9.17) is 9.47 Å². The fourth-order valence-electron chi connectivity index (χ4n) is 6.33. The van der Waals surface area contributed by atoms with Crippen molar-refractivity contribution < 1.29 is 14.3 Å². The van der Waals surface area contributed by atoms with Crippen molar-refractivity contribution in [3.05, 3.63) is 78.4 Å². The van der Waals surface area contributed by atoms with Crippen LogP contribution < -0.4 is 4.74 Å². The van der Waals surface area contributed by atoms with Gasteiger partial charge in [-0.25, -0.2) is 0 Å². The number of benzene rings is 3. The van der Waals surface area contributed by atoms with E-state index >= 15 is 0 Å². The molecule has 1 atom stereocenters. The summed E-state index contributed by atoms with van der Waals surface area (Å²) in [5, 5.41) is 0. The predicted octanol–water partition coefficient (Wildman–Crippen LogP) is 13.8. The van der Waals surface area contributed by atoms with Gasteiger partial charge in [0.1, 0.15) is 11.9 Å². The van der Waals surface area contributed by atoms with E-state index in [0.29, 0.717) is 6.42 Å². The normalized spacial score (nSPS) is 11.8. The van der Waals surface area contributed by atoms with Crippen LogP contribution in [0.4, 0.5) is 0 Å². The van der Waals surface area contributed by atoms with Crippen LogP contribution in [0.2, 0.25) is 0 Å². The molecule has 0 bridgehead atoms. The topological polar surface area (TPSA) is 35.5 Å². The molecule has 0 saturated carbocycles. The van der Waals surface area contributed by atoms with Gasteiger partial charge in [-0.3, -0.25) is 4.79 Å². The summed E-state index contributed by atoms with van der Waals surface area (Å²) in [6.45, 7) is 7.27. The number of carbonyl (C=O) groups excluding carboxylic acids is 1. The zero-order valence-electron chi connectivity index (χ0n) is 30.1. The molecule has 0 amide bonds. The van der Waals surface area contributed by atoms with Crippen molar-refractivity contribution in [1.82, 2.24) is 0 Å². The average molecular weight is 641 g/mol. The lowest BCUT2D eigenvalue weighted by Gasteiger charge is -2.15. The molecule has 3 aromatic rings. The van der Waals surface area contributed by atoms with E-state index in [2.05, 4.69) is 86.6 Å². The van der Waals surface area contributed by atoms with E-state index in [1.54, 1.807) is 0 Å². The Balaban J connectivity index is 1.39. The molecule has 0 aliphatic rings. The van der Waals surface area contributed by atoms with E-state index in [0.717, 1.165) is 42.7 Å². The van der Waals surface area contributed by atoms with Gasteiger partial charge in [-0.2, -0.15) is 0 Å². The maximum Gasteiger partial charge on any atom is 0.306 e. The fourth-order valence-corrected chi connectivity index (χ4v) is 6.33. The third-order valence-corrected chi connectivity index (χ3v) is 9.34. The summed E-state index contributed by atoms with van der Waals surface area (Å²) in [5.74, 6) is 0.844. The molecule has 0 aliphatic carbocycles. The van der Waals surface area contributed by atoms with Crippen molar-refractivity contribution in [3.63, 3.8) is 0 Å². The minimum Gasteiger partial charge on any atom is -0.494 e. The lowest BCUT2D eigenvalue weighted by atomic mass is 9.93. The summed E-state index contributed by atoms with van der Waals surface area (Å²) < 4.78 is 11.8. The van der Waals surface area contributed by atoms with Crippen LogP contribution in [0.1, 0.15) is 161 Å². The second-order valence-electron chi connectivity index (χ2n) is 13.4. The van der Waals surface area contributed by atoms with E-state index in [9.17, 15) is 4.79 Å². The van der Waals surface area contributed by atoms with Crippen LogP contribution in [-0.4, -0.2) is 12.6 Å². The lowest BCUT2D eigenvalue weighted by Crippen LogP contribution is -2.08. The second-order valence-corrected chi connectivity index (χ2v) is 13.4. The predicted molar refractivity (Wildman–Crippen MR) is 201 cm³/mol. The van der Waals surface area contributed by atoms with Crippen LogP contribution in [0.3, 0.4) is 0 Å². The van der Waals surface area contributed by atoms with Crippen LogP contribution in [0, 0.1) is 0 Å². The molecule has 3 rings (SSSR count). The van der Waals surface area contributed by atoms with Crippen LogP contribution in [0.15, 0.2) is 72.8 Å². The molecule has 3 aromatic carbocycles. The maximum absolute atomic E-state index is 12.4. The first-order valence-corrected chi connectivity index (χ1v) is 19.2. The molecule has 0 radical (unpaired) electrons. The first kappa shape index (κ1) is 38.4. The highest BCUT2D eigenvalue weighted by Gasteiger charge is 2.13. The number of unbranched alkanes of at least 4 members (excludes halogenated alkanes) is 17. The van der Waals surface area contributed by atoms with Gasteiger partial charge in [0.15, 0.2) is 0 Å². The average Bonchev–Trinajstić information content (AvgIpc) is 3.10. The van der Waals surface area contributed by atoms with Crippen LogP contribution in [0.5, 0.6) is 5.75 Å². The number of carbonyl (C=O) groups is 1. The molecule has 0 heterocycles. The standard InChI is InChI=1S/C44H64O3/c1-4-6-8-10-12-13-14-15-16-18-20-24-36-46-41-34-32-40(33-35-41)43-26-23-22-25-42(43)39-30-28-38(29-31-39)37(3)47-44(45)27-21-19-17-11-9-7-5-2/h22-23,25-26,28-35,37H,4-21,24,27,36H2,1-3H3. The maximum atomic E-state index is 12.4. The minimum atomic E-state index is -0.251. The molecule has 3 heteroatoms. The Hall–Kier alpha value is -3.07. The number of rotatable bonds is 26. The van der Waals surface area contributed by atoms with Crippen LogP contribution in [-0.2, 0) is 9.53 Å². The van der Waals surface area contributed by atoms with Crippen molar-refractivity contribution in [2.24, 2.45) is 0 Å². The van der Waals surface area contributed by atoms with Crippen LogP contribution in [0.25, 0.3) is 22.3 Å². The Bertz CT molecular complexity index is 1210. The third kappa shape index (κ3) is 15.6. The molecular weight excluding hydrogens is 576 g/mol. The Kier molecular flexibility index (Phi) is 19.7. The number of ether oxygens (including phenoxy) is 2. The van der Waals surface area contributed by atoms with Gasteiger partial charge in [0.2, 0.25) is 0 Å². The second kappa shape index (κ2) is 24.1. The van der Waals surface area contributed by atoms with Gasteiger partial charge in [0.25, 0.3) is 0 Å². The van der Waals surface area contributed by atoms with Crippen LogP contribution >= 0.6 is 0 Å². The first-order valence-electron chi connectivity index (χ1n) is 19.2. The van der Waals surface area contributed by atoms with Gasteiger partial charge in [-0.1, -0.05) is 184 Å². The molecule has 3 nitrogen and oxygen atoms in total. The Morgan fingerprint density at radius 3 is 1.45 bits per heavy atom. The van der Waals surface area contributed by atoms with E-state index in [1.165, 1.54) is 119 Å². The molecule has 0 aromatic heterocycles. The SMILES string of the molecule is CCCCCCCCCCCCCCOc1ccc(-c2ccccc2-c2ccc(C(C)OC(=O)CCCCCCCCC)cc2)cc1. The smallest absolute Gasteiger partial charge is 0.306 e. The summed E-state index contributed by atoms with van der Waals surface area (Å²) in [4.78, 5) is 12.4. The summed E-state index contributed by atoms with van der Waals surface area (Å²) in [6.07, 6.45) is 24.9. The largest absolute Gasteiger partial charge is 0.494 e. The molecule has 0 aliphatic heterocycles. The molecule has 0 fully saturated rings. The van der Waals surface area contributed by atoms with E-state index in [-0.39, 0.29) is 12.1 Å². The molecule has 47 heavy (non-hydrogen) atoms. The third-order valence-electron chi connectivity index (χ3n) is 9.34. The molecule has 0 spiro atoms. The monoisotopic (exact) mass is 640 g/mol. The summed E-state index contributed by atoms with van der Waals surface area (Å²) >= 11 is 0.